The molecule has 3 aromatic rings. The van der Waals surface area contributed by atoms with Gasteiger partial charge in [0, 0.05) is 18.8 Å². The quantitative estimate of drug-likeness (QED) is 0.707. The second-order valence-electron chi connectivity index (χ2n) is 4.99. The third-order valence-electron chi connectivity index (χ3n) is 3.27. The third kappa shape index (κ3) is 4.24. The lowest BCUT2D eigenvalue weighted by atomic mass is 10.3. The van der Waals surface area contributed by atoms with E-state index >= 15 is 0 Å². The number of aromatic nitrogens is 1. The van der Waals surface area contributed by atoms with Crippen LogP contribution in [0.5, 0.6) is 5.88 Å². The summed E-state index contributed by atoms with van der Waals surface area (Å²) in [5.74, 6) is 0.152. The molecule has 7 nitrogen and oxygen atoms in total. The predicted molar refractivity (Wildman–Crippen MR) is 92.9 cm³/mol. The van der Waals surface area contributed by atoms with Gasteiger partial charge in [0.1, 0.15) is 0 Å². The Morgan fingerprint density at radius 2 is 2.08 bits per heavy atom. The maximum absolute atomic E-state index is 12.2. The van der Waals surface area contributed by atoms with Crippen molar-refractivity contribution in [3.8, 4) is 5.88 Å². The van der Waals surface area contributed by atoms with E-state index in [0.29, 0.717) is 22.3 Å². The van der Waals surface area contributed by atoms with Gasteiger partial charge in [-0.25, -0.2) is 4.98 Å². The third-order valence-corrected chi connectivity index (χ3v) is 4.27. The van der Waals surface area contributed by atoms with Crippen LogP contribution in [0.4, 0.5) is 5.00 Å². The molecule has 0 aromatic carbocycles. The lowest BCUT2D eigenvalue weighted by Crippen LogP contribution is -2.21. The molecule has 128 valence electrons. The van der Waals surface area contributed by atoms with Gasteiger partial charge in [-0.1, -0.05) is 6.07 Å². The van der Waals surface area contributed by atoms with E-state index in [-0.39, 0.29) is 17.6 Å². The summed E-state index contributed by atoms with van der Waals surface area (Å²) >= 11 is 1.19. The number of furan rings is 1. The molecule has 0 radical (unpaired) electrons. The Balaban J connectivity index is 1.55. The van der Waals surface area contributed by atoms with Crippen molar-refractivity contribution < 1.29 is 18.7 Å². The van der Waals surface area contributed by atoms with Crippen LogP contribution >= 0.6 is 11.3 Å². The Bertz CT molecular complexity index is 856. The van der Waals surface area contributed by atoms with Crippen molar-refractivity contribution in [2.24, 2.45) is 0 Å². The SMILES string of the molecule is COc1ccc(CNC(=O)c2ccc(NC(=O)c3ccco3)s2)cn1. The van der Waals surface area contributed by atoms with Gasteiger partial charge in [0.25, 0.3) is 11.8 Å². The molecule has 0 unspecified atom stereocenters. The fraction of sp³-hybridized carbons (Fsp3) is 0.118. The minimum absolute atomic E-state index is 0.214. The van der Waals surface area contributed by atoms with Crippen molar-refractivity contribution in [1.82, 2.24) is 10.3 Å². The highest BCUT2D eigenvalue weighted by molar-refractivity contribution is 7.18. The fourth-order valence-electron chi connectivity index (χ4n) is 2.01. The second-order valence-corrected chi connectivity index (χ2v) is 6.07. The molecule has 2 amide bonds. The summed E-state index contributed by atoms with van der Waals surface area (Å²) in [5.41, 5.74) is 0.858. The molecule has 3 heterocycles. The molecule has 3 rings (SSSR count). The molecular weight excluding hydrogens is 342 g/mol. The molecule has 0 saturated heterocycles. The van der Waals surface area contributed by atoms with Crippen molar-refractivity contribution in [1.29, 1.82) is 0 Å². The normalized spacial score (nSPS) is 10.3. The summed E-state index contributed by atoms with van der Waals surface area (Å²) in [5, 5.41) is 6.06. The van der Waals surface area contributed by atoms with Crippen molar-refractivity contribution >= 4 is 28.2 Å². The van der Waals surface area contributed by atoms with Crippen molar-refractivity contribution in [2.75, 3.05) is 12.4 Å². The van der Waals surface area contributed by atoms with E-state index < -0.39 is 0 Å². The summed E-state index contributed by atoms with van der Waals surface area (Å²) in [6.45, 7) is 0.349. The van der Waals surface area contributed by atoms with E-state index in [9.17, 15) is 9.59 Å². The van der Waals surface area contributed by atoms with Crippen LogP contribution in [0.2, 0.25) is 0 Å². The van der Waals surface area contributed by atoms with Gasteiger partial charge in [-0.3, -0.25) is 9.59 Å². The average Bonchev–Trinajstić information content (AvgIpc) is 3.32. The van der Waals surface area contributed by atoms with Gasteiger partial charge in [-0.15, -0.1) is 11.3 Å². The minimum Gasteiger partial charge on any atom is -0.481 e. The average molecular weight is 357 g/mol. The van der Waals surface area contributed by atoms with Crippen LogP contribution in [0.15, 0.2) is 53.3 Å². The first-order chi connectivity index (χ1) is 12.2. The summed E-state index contributed by atoms with van der Waals surface area (Å²) in [6, 6.07) is 10.1. The lowest BCUT2D eigenvalue weighted by Gasteiger charge is -2.04. The molecule has 3 aromatic heterocycles. The number of pyridine rings is 1. The maximum atomic E-state index is 12.2. The summed E-state index contributed by atoms with van der Waals surface area (Å²) in [4.78, 5) is 28.7. The van der Waals surface area contributed by atoms with Crippen LogP contribution in [0, 0.1) is 0 Å². The van der Waals surface area contributed by atoms with Gasteiger partial charge >= 0.3 is 0 Å². The summed E-state index contributed by atoms with van der Waals surface area (Å²) in [6.07, 6.45) is 3.07. The first-order valence-electron chi connectivity index (χ1n) is 7.37. The maximum Gasteiger partial charge on any atom is 0.291 e. The molecule has 0 aliphatic heterocycles. The zero-order chi connectivity index (χ0) is 17.6. The number of carbonyl (C=O) groups excluding carboxylic acids is 2. The van der Waals surface area contributed by atoms with Crippen molar-refractivity contribution in [3.63, 3.8) is 0 Å². The molecule has 0 atom stereocenters. The first-order valence-corrected chi connectivity index (χ1v) is 8.19. The number of hydrogen-bond acceptors (Lipinski definition) is 6. The van der Waals surface area contributed by atoms with E-state index in [1.54, 1.807) is 43.6 Å². The number of methoxy groups -OCH3 is 1. The molecule has 0 saturated carbocycles. The van der Waals surface area contributed by atoms with Crippen LogP contribution in [0.1, 0.15) is 25.8 Å². The second kappa shape index (κ2) is 7.63. The number of carbonyl (C=O) groups is 2. The predicted octanol–water partition coefficient (Wildman–Crippen LogP) is 2.93. The van der Waals surface area contributed by atoms with E-state index in [0.717, 1.165) is 5.56 Å². The number of hydrogen-bond donors (Lipinski definition) is 2. The van der Waals surface area contributed by atoms with E-state index in [1.165, 1.54) is 17.6 Å². The van der Waals surface area contributed by atoms with E-state index in [2.05, 4.69) is 15.6 Å². The largest absolute Gasteiger partial charge is 0.481 e. The number of ether oxygens (including phenoxy) is 1. The Kier molecular flexibility index (Phi) is 5.10. The van der Waals surface area contributed by atoms with Crippen LogP contribution in [0.25, 0.3) is 0 Å². The van der Waals surface area contributed by atoms with Crippen LogP contribution in [-0.4, -0.2) is 23.9 Å². The van der Waals surface area contributed by atoms with Gasteiger partial charge in [0.15, 0.2) is 5.76 Å². The van der Waals surface area contributed by atoms with Crippen LogP contribution in [0.3, 0.4) is 0 Å². The fourth-order valence-corrected chi connectivity index (χ4v) is 2.83. The summed E-state index contributed by atoms with van der Waals surface area (Å²) < 4.78 is 10.0. The summed E-state index contributed by atoms with van der Waals surface area (Å²) in [7, 11) is 1.54. The molecule has 2 N–H and O–H groups in total. The van der Waals surface area contributed by atoms with Gasteiger partial charge in [0.2, 0.25) is 5.88 Å². The molecular formula is C17H15N3O4S. The van der Waals surface area contributed by atoms with Crippen LogP contribution < -0.4 is 15.4 Å². The number of rotatable bonds is 6. The molecule has 0 aliphatic rings. The highest BCUT2D eigenvalue weighted by atomic mass is 32.1. The molecule has 0 aliphatic carbocycles. The standard InChI is InChI=1S/C17H15N3O4S/c1-23-14-6-4-11(9-18-14)10-19-17(22)13-5-7-15(25-13)20-16(21)12-3-2-8-24-12/h2-9H,10H2,1H3,(H,19,22)(H,20,21). The monoisotopic (exact) mass is 357 g/mol. The number of nitrogens with zero attached hydrogens (tertiary/aromatic N) is 1. The Hall–Kier alpha value is -3.13. The molecule has 0 bridgehead atoms. The molecule has 0 spiro atoms. The molecule has 25 heavy (non-hydrogen) atoms. The van der Waals surface area contributed by atoms with Gasteiger partial charge in [-0.2, -0.15) is 0 Å². The highest BCUT2D eigenvalue weighted by Crippen LogP contribution is 2.22. The Morgan fingerprint density at radius 3 is 2.76 bits per heavy atom. The van der Waals surface area contributed by atoms with Crippen LogP contribution in [-0.2, 0) is 6.54 Å². The van der Waals surface area contributed by atoms with Gasteiger partial charge in [0.05, 0.1) is 23.3 Å². The first kappa shape index (κ1) is 16.7. The van der Waals surface area contributed by atoms with Crippen molar-refractivity contribution in [3.05, 3.63) is 65.1 Å². The molecule has 0 fully saturated rings. The highest BCUT2D eigenvalue weighted by Gasteiger charge is 2.13. The zero-order valence-electron chi connectivity index (χ0n) is 13.3. The lowest BCUT2D eigenvalue weighted by molar-refractivity contribution is 0.0953. The van der Waals surface area contributed by atoms with Gasteiger partial charge in [-0.05, 0) is 29.8 Å². The minimum atomic E-state index is -0.358. The molecule has 8 heteroatoms. The van der Waals surface area contributed by atoms with E-state index in [1.807, 2.05) is 6.07 Å². The number of amides is 2. The Morgan fingerprint density at radius 1 is 1.20 bits per heavy atom. The smallest absolute Gasteiger partial charge is 0.291 e. The number of thiophene rings is 1. The number of nitrogens with one attached hydrogen (secondary N) is 2. The Labute approximate surface area is 147 Å². The number of anilines is 1. The van der Waals surface area contributed by atoms with Gasteiger partial charge < -0.3 is 19.8 Å². The van der Waals surface area contributed by atoms with E-state index in [4.69, 9.17) is 9.15 Å². The topological polar surface area (TPSA) is 93.5 Å². The zero-order valence-corrected chi connectivity index (χ0v) is 14.1. The van der Waals surface area contributed by atoms with Crippen molar-refractivity contribution in [2.45, 2.75) is 6.54 Å².